The van der Waals surface area contributed by atoms with Gasteiger partial charge in [0.1, 0.15) is 0 Å². The number of nitrogens with zero attached hydrogens (tertiary/aromatic N) is 1. The highest BCUT2D eigenvalue weighted by molar-refractivity contribution is 6.38. The molecule has 0 atom stereocenters. The molecular formula is C12H9Cl2NO2. The normalized spacial score (nSPS) is 10.5. The lowest BCUT2D eigenvalue weighted by Crippen LogP contribution is -2.05. The molecule has 0 spiro atoms. The average molecular weight is 270 g/mol. The van der Waals surface area contributed by atoms with E-state index in [9.17, 15) is 4.79 Å². The molecule has 2 rings (SSSR count). The van der Waals surface area contributed by atoms with Gasteiger partial charge in [0.05, 0.1) is 29.8 Å². The van der Waals surface area contributed by atoms with Crippen LogP contribution in [-0.4, -0.2) is 18.1 Å². The van der Waals surface area contributed by atoms with Crippen LogP contribution in [0.2, 0.25) is 10.0 Å². The molecule has 0 saturated carbocycles. The Morgan fingerprint density at radius 2 is 2.12 bits per heavy atom. The van der Waals surface area contributed by atoms with Crippen molar-refractivity contribution in [2.24, 2.45) is 0 Å². The predicted octanol–water partition coefficient (Wildman–Crippen LogP) is 3.26. The molecule has 1 aromatic heterocycles. The maximum absolute atomic E-state index is 11.1. The lowest BCUT2D eigenvalue weighted by atomic mass is 10.2. The van der Waals surface area contributed by atoms with Crippen LogP contribution in [0.3, 0.4) is 0 Å². The number of fused-ring (bicyclic) bond motifs is 1. The van der Waals surface area contributed by atoms with E-state index in [1.807, 2.05) is 6.07 Å². The number of benzene rings is 1. The number of carbonyl (C=O) groups excluding carboxylic acids is 1. The fraction of sp³-hybridized carbons (Fsp3) is 0.167. The van der Waals surface area contributed by atoms with Crippen molar-refractivity contribution in [1.29, 1.82) is 0 Å². The van der Waals surface area contributed by atoms with Crippen LogP contribution in [0.4, 0.5) is 0 Å². The van der Waals surface area contributed by atoms with Crippen molar-refractivity contribution in [2.75, 3.05) is 7.11 Å². The minimum atomic E-state index is -0.329. The molecule has 5 heteroatoms. The summed E-state index contributed by atoms with van der Waals surface area (Å²) >= 11 is 11.9. The van der Waals surface area contributed by atoms with Crippen LogP contribution in [0.15, 0.2) is 24.3 Å². The molecular weight excluding hydrogens is 261 g/mol. The van der Waals surface area contributed by atoms with E-state index in [2.05, 4.69) is 9.72 Å². The number of ether oxygens (including phenoxy) is 1. The summed E-state index contributed by atoms with van der Waals surface area (Å²) in [6.07, 6.45) is 0.135. The average Bonchev–Trinajstić information content (AvgIpc) is 2.28. The van der Waals surface area contributed by atoms with Gasteiger partial charge in [-0.25, -0.2) is 0 Å². The van der Waals surface area contributed by atoms with E-state index < -0.39 is 0 Å². The molecule has 0 N–H and O–H groups in total. The van der Waals surface area contributed by atoms with Gasteiger partial charge in [-0.1, -0.05) is 23.2 Å². The Morgan fingerprint density at radius 3 is 2.82 bits per heavy atom. The molecule has 0 unspecified atom stereocenters. The molecule has 2 aromatic rings. The lowest BCUT2D eigenvalue weighted by Gasteiger charge is -2.04. The van der Waals surface area contributed by atoms with E-state index in [4.69, 9.17) is 23.2 Å². The molecule has 0 aliphatic rings. The number of aromatic nitrogens is 1. The Labute approximate surface area is 108 Å². The number of carbonyl (C=O) groups is 1. The van der Waals surface area contributed by atoms with Crippen molar-refractivity contribution < 1.29 is 9.53 Å². The van der Waals surface area contributed by atoms with Gasteiger partial charge in [0.15, 0.2) is 0 Å². The number of pyridine rings is 1. The predicted molar refractivity (Wildman–Crippen MR) is 67.5 cm³/mol. The zero-order chi connectivity index (χ0) is 12.4. The van der Waals surface area contributed by atoms with Gasteiger partial charge >= 0.3 is 5.97 Å². The molecule has 17 heavy (non-hydrogen) atoms. The monoisotopic (exact) mass is 269 g/mol. The first-order valence-electron chi connectivity index (χ1n) is 4.91. The molecule has 88 valence electrons. The number of hydrogen-bond donors (Lipinski definition) is 0. The van der Waals surface area contributed by atoms with E-state index in [1.165, 1.54) is 7.11 Å². The van der Waals surface area contributed by atoms with Gasteiger partial charge in [-0.2, -0.15) is 0 Å². The third-order valence-corrected chi connectivity index (χ3v) is 2.86. The van der Waals surface area contributed by atoms with Gasteiger partial charge in [-0.15, -0.1) is 0 Å². The number of esters is 1. The van der Waals surface area contributed by atoms with Gasteiger partial charge in [-0.05, 0) is 24.3 Å². The summed E-state index contributed by atoms with van der Waals surface area (Å²) in [6.45, 7) is 0. The minimum absolute atomic E-state index is 0.135. The number of hydrogen-bond acceptors (Lipinski definition) is 3. The zero-order valence-electron chi connectivity index (χ0n) is 9.04. The molecule has 0 saturated heterocycles. The fourth-order valence-corrected chi connectivity index (χ4v) is 2.06. The first kappa shape index (κ1) is 12.1. The summed E-state index contributed by atoms with van der Waals surface area (Å²) in [4.78, 5) is 15.5. The lowest BCUT2D eigenvalue weighted by molar-refractivity contribution is -0.139. The van der Waals surface area contributed by atoms with Crippen LogP contribution in [0.25, 0.3) is 10.9 Å². The Hall–Kier alpha value is -1.32. The highest BCUT2D eigenvalue weighted by atomic mass is 35.5. The summed E-state index contributed by atoms with van der Waals surface area (Å²) in [7, 11) is 1.34. The molecule has 0 aliphatic carbocycles. The van der Waals surface area contributed by atoms with Gasteiger partial charge in [0.2, 0.25) is 0 Å². The third kappa shape index (κ3) is 2.68. The van der Waals surface area contributed by atoms with E-state index in [-0.39, 0.29) is 12.4 Å². The summed E-state index contributed by atoms with van der Waals surface area (Å²) in [6, 6.07) is 6.94. The third-order valence-electron chi connectivity index (χ3n) is 2.33. The summed E-state index contributed by atoms with van der Waals surface area (Å²) in [5.41, 5.74) is 1.30. The standard InChI is InChI=1S/C12H9Cl2NO2/c1-17-12(16)6-8-2-3-9-10(14)4-7(13)5-11(9)15-8/h2-5H,6H2,1H3. The number of methoxy groups -OCH3 is 1. The minimum Gasteiger partial charge on any atom is -0.469 e. The Morgan fingerprint density at radius 1 is 1.35 bits per heavy atom. The zero-order valence-corrected chi connectivity index (χ0v) is 10.5. The first-order valence-corrected chi connectivity index (χ1v) is 5.67. The topological polar surface area (TPSA) is 39.2 Å². The number of rotatable bonds is 2. The first-order chi connectivity index (χ1) is 8.10. The molecule has 1 aromatic carbocycles. The van der Waals surface area contributed by atoms with Crippen molar-refractivity contribution in [3.63, 3.8) is 0 Å². The second-order valence-electron chi connectivity index (χ2n) is 3.51. The van der Waals surface area contributed by atoms with Crippen LogP contribution in [-0.2, 0) is 16.0 Å². The Balaban J connectivity index is 2.46. The summed E-state index contributed by atoms with van der Waals surface area (Å²) in [5, 5.41) is 1.87. The van der Waals surface area contributed by atoms with Gasteiger partial charge in [-0.3, -0.25) is 9.78 Å². The molecule has 1 heterocycles. The molecule has 0 radical (unpaired) electrons. The summed E-state index contributed by atoms with van der Waals surface area (Å²) in [5.74, 6) is -0.329. The Bertz CT molecular complexity index is 584. The highest BCUT2D eigenvalue weighted by Crippen LogP contribution is 2.26. The van der Waals surface area contributed by atoms with Crippen LogP contribution in [0.1, 0.15) is 5.69 Å². The number of halogens is 2. The maximum atomic E-state index is 11.1. The van der Waals surface area contributed by atoms with E-state index >= 15 is 0 Å². The molecule has 0 aliphatic heterocycles. The quantitative estimate of drug-likeness (QED) is 0.786. The Kier molecular flexibility index (Phi) is 3.50. The van der Waals surface area contributed by atoms with E-state index in [0.29, 0.717) is 21.3 Å². The summed E-state index contributed by atoms with van der Waals surface area (Å²) < 4.78 is 4.58. The SMILES string of the molecule is COC(=O)Cc1ccc2c(Cl)cc(Cl)cc2n1. The van der Waals surface area contributed by atoms with Crippen LogP contribution in [0.5, 0.6) is 0 Å². The van der Waals surface area contributed by atoms with Crippen molar-refractivity contribution in [3.05, 3.63) is 40.0 Å². The van der Waals surface area contributed by atoms with Gasteiger partial charge in [0, 0.05) is 10.4 Å². The van der Waals surface area contributed by atoms with Crippen molar-refractivity contribution in [2.45, 2.75) is 6.42 Å². The fourth-order valence-electron chi connectivity index (χ4n) is 1.52. The molecule has 3 nitrogen and oxygen atoms in total. The van der Waals surface area contributed by atoms with E-state index in [0.717, 1.165) is 5.39 Å². The van der Waals surface area contributed by atoms with Crippen molar-refractivity contribution in [3.8, 4) is 0 Å². The van der Waals surface area contributed by atoms with Gasteiger partial charge in [0.25, 0.3) is 0 Å². The van der Waals surface area contributed by atoms with Crippen LogP contribution < -0.4 is 0 Å². The smallest absolute Gasteiger partial charge is 0.311 e. The van der Waals surface area contributed by atoms with Crippen LogP contribution >= 0.6 is 23.2 Å². The van der Waals surface area contributed by atoms with Crippen molar-refractivity contribution in [1.82, 2.24) is 4.98 Å². The molecule has 0 fully saturated rings. The second-order valence-corrected chi connectivity index (χ2v) is 4.35. The van der Waals surface area contributed by atoms with Crippen LogP contribution in [0, 0.1) is 0 Å². The molecule has 0 amide bonds. The second kappa shape index (κ2) is 4.90. The van der Waals surface area contributed by atoms with E-state index in [1.54, 1.807) is 18.2 Å². The highest BCUT2D eigenvalue weighted by Gasteiger charge is 2.07. The van der Waals surface area contributed by atoms with Crippen molar-refractivity contribution >= 4 is 40.1 Å². The molecule has 0 bridgehead atoms. The largest absolute Gasteiger partial charge is 0.469 e. The van der Waals surface area contributed by atoms with Gasteiger partial charge < -0.3 is 4.74 Å². The maximum Gasteiger partial charge on any atom is 0.311 e.